The molecule has 0 spiro atoms. The van der Waals surface area contributed by atoms with Crippen LogP contribution in [0.3, 0.4) is 0 Å². The monoisotopic (exact) mass is 254 g/mol. The van der Waals surface area contributed by atoms with Crippen LogP contribution >= 0.6 is 11.3 Å². The van der Waals surface area contributed by atoms with E-state index in [1.165, 1.54) is 11.4 Å². The molecule has 1 saturated heterocycles. The number of piperidine rings is 1. The Hall–Kier alpha value is -0.450. The third kappa shape index (κ3) is 3.76. The third-order valence-electron chi connectivity index (χ3n) is 3.27. The van der Waals surface area contributed by atoms with Gasteiger partial charge in [0.1, 0.15) is 0 Å². The van der Waals surface area contributed by atoms with Crippen LogP contribution < -0.4 is 5.32 Å². The first-order valence-electron chi connectivity index (χ1n) is 6.55. The number of nitrogens with one attached hydrogen (secondary N) is 1. The highest BCUT2D eigenvalue weighted by Gasteiger charge is 2.21. The second kappa shape index (κ2) is 6.47. The van der Waals surface area contributed by atoms with Crippen LogP contribution in [0.15, 0.2) is 5.38 Å². The van der Waals surface area contributed by atoms with Crippen LogP contribution in [-0.2, 0) is 17.8 Å². The van der Waals surface area contributed by atoms with E-state index >= 15 is 0 Å². The number of rotatable bonds is 5. The van der Waals surface area contributed by atoms with E-state index in [1.807, 2.05) is 0 Å². The SMILES string of the molecule is CCCc1nc(COC2CNCCC2C)cs1. The standard InChI is InChI=1S/C13H22N2OS/c1-3-4-13-15-11(9-17-13)8-16-12-7-14-6-5-10(12)2/h9-10,12,14H,3-8H2,1-2H3. The summed E-state index contributed by atoms with van der Waals surface area (Å²) in [4.78, 5) is 4.58. The van der Waals surface area contributed by atoms with E-state index < -0.39 is 0 Å². The van der Waals surface area contributed by atoms with E-state index in [9.17, 15) is 0 Å². The van der Waals surface area contributed by atoms with Crippen molar-refractivity contribution in [2.24, 2.45) is 5.92 Å². The van der Waals surface area contributed by atoms with Crippen LogP contribution in [-0.4, -0.2) is 24.2 Å². The Labute approximate surface area is 108 Å². The van der Waals surface area contributed by atoms with Gasteiger partial charge in [-0.25, -0.2) is 4.98 Å². The summed E-state index contributed by atoms with van der Waals surface area (Å²) in [7, 11) is 0. The lowest BCUT2D eigenvalue weighted by Crippen LogP contribution is -2.40. The Kier molecular flexibility index (Phi) is 4.95. The van der Waals surface area contributed by atoms with Crippen molar-refractivity contribution in [3.05, 3.63) is 16.1 Å². The number of ether oxygens (including phenoxy) is 1. The predicted molar refractivity (Wildman–Crippen MR) is 71.3 cm³/mol. The normalized spacial score (nSPS) is 25.1. The predicted octanol–water partition coefficient (Wildman–Crippen LogP) is 2.61. The van der Waals surface area contributed by atoms with Gasteiger partial charge in [0.2, 0.25) is 0 Å². The molecule has 0 saturated carbocycles. The maximum Gasteiger partial charge on any atom is 0.0929 e. The molecule has 1 aliphatic heterocycles. The Bertz CT molecular complexity index is 340. The lowest BCUT2D eigenvalue weighted by Gasteiger charge is -2.29. The molecule has 0 bridgehead atoms. The summed E-state index contributed by atoms with van der Waals surface area (Å²) in [6, 6.07) is 0. The van der Waals surface area contributed by atoms with E-state index in [4.69, 9.17) is 4.74 Å². The van der Waals surface area contributed by atoms with E-state index in [1.54, 1.807) is 11.3 Å². The van der Waals surface area contributed by atoms with Crippen molar-refractivity contribution in [1.29, 1.82) is 0 Å². The molecule has 0 aliphatic carbocycles. The van der Waals surface area contributed by atoms with Crippen molar-refractivity contribution in [2.75, 3.05) is 13.1 Å². The third-order valence-corrected chi connectivity index (χ3v) is 4.22. The molecular formula is C13H22N2OS. The molecule has 96 valence electrons. The Morgan fingerprint density at radius 3 is 3.24 bits per heavy atom. The molecule has 1 aromatic heterocycles. The molecule has 3 nitrogen and oxygen atoms in total. The van der Waals surface area contributed by atoms with Crippen LogP contribution in [0.4, 0.5) is 0 Å². The molecule has 0 aromatic carbocycles. The van der Waals surface area contributed by atoms with E-state index in [0.29, 0.717) is 18.6 Å². The van der Waals surface area contributed by atoms with Crippen molar-refractivity contribution in [1.82, 2.24) is 10.3 Å². The molecule has 0 amide bonds. The minimum Gasteiger partial charge on any atom is -0.370 e. The minimum absolute atomic E-state index is 0.347. The second-order valence-electron chi connectivity index (χ2n) is 4.80. The number of nitrogens with zero attached hydrogens (tertiary/aromatic N) is 1. The summed E-state index contributed by atoms with van der Waals surface area (Å²) >= 11 is 1.75. The van der Waals surface area contributed by atoms with Gasteiger partial charge >= 0.3 is 0 Å². The number of aryl methyl sites for hydroxylation is 1. The topological polar surface area (TPSA) is 34.1 Å². The fourth-order valence-electron chi connectivity index (χ4n) is 2.12. The zero-order chi connectivity index (χ0) is 12.1. The number of thiazole rings is 1. The highest BCUT2D eigenvalue weighted by molar-refractivity contribution is 7.09. The first kappa shape index (κ1) is 13.0. The molecular weight excluding hydrogens is 232 g/mol. The van der Waals surface area contributed by atoms with Crippen molar-refractivity contribution in [3.63, 3.8) is 0 Å². The Morgan fingerprint density at radius 1 is 1.59 bits per heavy atom. The lowest BCUT2D eigenvalue weighted by molar-refractivity contribution is -0.00780. The second-order valence-corrected chi connectivity index (χ2v) is 5.74. The van der Waals surface area contributed by atoms with Crippen LogP contribution in [0, 0.1) is 5.92 Å². The zero-order valence-electron chi connectivity index (χ0n) is 10.7. The maximum absolute atomic E-state index is 5.95. The quantitative estimate of drug-likeness (QED) is 0.877. The highest BCUT2D eigenvalue weighted by Crippen LogP contribution is 2.18. The van der Waals surface area contributed by atoms with E-state index in [-0.39, 0.29) is 0 Å². The van der Waals surface area contributed by atoms with Gasteiger partial charge < -0.3 is 10.1 Å². The summed E-state index contributed by atoms with van der Waals surface area (Å²) in [6.07, 6.45) is 3.81. The lowest BCUT2D eigenvalue weighted by atomic mass is 9.97. The largest absolute Gasteiger partial charge is 0.370 e. The Morgan fingerprint density at radius 2 is 2.47 bits per heavy atom. The van der Waals surface area contributed by atoms with E-state index in [0.717, 1.165) is 31.6 Å². The first-order chi connectivity index (χ1) is 8.29. The van der Waals surface area contributed by atoms with Gasteiger partial charge in [0, 0.05) is 11.9 Å². The van der Waals surface area contributed by atoms with Crippen LogP contribution in [0.5, 0.6) is 0 Å². The van der Waals surface area contributed by atoms with Crippen LogP contribution in [0.2, 0.25) is 0 Å². The molecule has 2 heterocycles. The average molecular weight is 254 g/mol. The summed E-state index contributed by atoms with van der Waals surface area (Å²) < 4.78 is 5.95. The molecule has 1 aromatic rings. The van der Waals surface area contributed by atoms with Crippen molar-refractivity contribution >= 4 is 11.3 Å². The fraction of sp³-hybridized carbons (Fsp3) is 0.769. The molecule has 2 rings (SSSR count). The van der Waals surface area contributed by atoms with Crippen molar-refractivity contribution in [3.8, 4) is 0 Å². The summed E-state index contributed by atoms with van der Waals surface area (Å²) in [5.74, 6) is 0.657. The molecule has 0 radical (unpaired) electrons. The van der Waals surface area contributed by atoms with Gasteiger partial charge in [-0.05, 0) is 31.7 Å². The summed E-state index contributed by atoms with van der Waals surface area (Å²) in [5.41, 5.74) is 1.09. The molecule has 17 heavy (non-hydrogen) atoms. The minimum atomic E-state index is 0.347. The number of hydrogen-bond donors (Lipinski definition) is 1. The van der Waals surface area contributed by atoms with Gasteiger partial charge in [-0.3, -0.25) is 0 Å². The van der Waals surface area contributed by atoms with E-state index in [2.05, 4.69) is 29.5 Å². The van der Waals surface area contributed by atoms with Gasteiger partial charge in [0.25, 0.3) is 0 Å². The Balaban J connectivity index is 1.79. The molecule has 4 heteroatoms. The molecule has 1 fully saturated rings. The molecule has 1 N–H and O–H groups in total. The van der Waals surface area contributed by atoms with Gasteiger partial charge in [0.05, 0.1) is 23.4 Å². The number of hydrogen-bond acceptors (Lipinski definition) is 4. The number of aromatic nitrogens is 1. The molecule has 2 atom stereocenters. The fourth-order valence-corrected chi connectivity index (χ4v) is 3.01. The summed E-state index contributed by atoms with van der Waals surface area (Å²) in [5, 5.41) is 6.75. The smallest absolute Gasteiger partial charge is 0.0929 e. The van der Waals surface area contributed by atoms with Gasteiger partial charge in [0.15, 0.2) is 0 Å². The van der Waals surface area contributed by atoms with Crippen LogP contribution in [0.25, 0.3) is 0 Å². The van der Waals surface area contributed by atoms with Gasteiger partial charge in [-0.15, -0.1) is 11.3 Å². The molecule has 1 aliphatic rings. The van der Waals surface area contributed by atoms with Gasteiger partial charge in [-0.1, -0.05) is 13.8 Å². The first-order valence-corrected chi connectivity index (χ1v) is 7.43. The molecule has 2 unspecified atom stereocenters. The zero-order valence-corrected chi connectivity index (χ0v) is 11.6. The van der Waals surface area contributed by atoms with Gasteiger partial charge in [-0.2, -0.15) is 0 Å². The van der Waals surface area contributed by atoms with Crippen molar-refractivity contribution < 1.29 is 4.74 Å². The maximum atomic E-state index is 5.95. The van der Waals surface area contributed by atoms with Crippen LogP contribution in [0.1, 0.15) is 37.4 Å². The highest BCUT2D eigenvalue weighted by atomic mass is 32.1. The summed E-state index contributed by atoms with van der Waals surface area (Å²) in [6.45, 7) is 7.23. The average Bonchev–Trinajstić information content (AvgIpc) is 2.76. The van der Waals surface area contributed by atoms with Crippen molar-refractivity contribution in [2.45, 2.75) is 45.8 Å².